The van der Waals surface area contributed by atoms with Crippen molar-refractivity contribution in [1.29, 1.82) is 0 Å². The zero-order chi connectivity index (χ0) is 22.2. The van der Waals surface area contributed by atoms with Crippen molar-refractivity contribution < 1.29 is 14.3 Å². The number of carbonyl (C=O) groups is 2. The SMILES string of the molecule is COc1ccccc1Nc1nc(C(=O)N[C@H](Cc2ccccc2)C(=O)NC(C)C)cs1. The highest BCUT2D eigenvalue weighted by molar-refractivity contribution is 7.14. The number of carbonyl (C=O) groups excluding carboxylic acids is 2. The van der Waals surface area contributed by atoms with Crippen molar-refractivity contribution in [3.63, 3.8) is 0 Å². The van der Waals surface area contributed by atoms with Crippen LogP contribution in [0.1, 0.15) is 29.9 Å². The van der Waals surface area contributed by atoms with Crippen LogP contribution < -0.4 is 20.7 Å². The van der Waals surface area contributed by atoms with E-state index in [1.807, 2.05) is 68.4 Å². The minimum atomic E-state index is -0.704. The van der Waals surface area contributed by atoms with Crippen LogP contribution in [-0.2, 0) is 11.2 Å². The number of para-hydroxylation sites is 2. The highest BCUT2D eigenvalue weighted by Gasteiger charge is 2.23. The molecular formula is C23H26N4O3S. The molecule has 0 spiro atoms. The molecule has 3 rings (SSSR count). The van der Waals surface area contributed by atoms with E-state index in [1.54, 1.807) is 12.5 Å². The van der Waals surface area contributed by atoms with Crippen molar-refractivity contribution in [2.45, 2.75) is 32.4 Å². The summed E-state index contributed by atoms with van der Waals surface area (Å²) in [5, 5.41) is 11.1. The average Bonchev–Trinajstić information content (AvgIpc) is 3.22. The molecule has 2 amide bonds. The van der Waals surface area contributed by atoms with Gasteiger partial charge in [0.2, 0.25) is 5.91 Å². The molecule has 3 aromatic rings. The molecule has 0 unspecified atom stereocenters. The molecule has 162 valence electrons. The van der Waals surface area contributed by atoms with E-state index in [0.29, 0.717) is 17.3 Å². The second-order valence-corrected chi connectivity index (χ2v) is 8.10. The summed E-state index contributed by atoms with van der Waals surface area (Å²) in [6.45, 7) is 3.77. The normalized spacial score (nSPS) is 11.6. The van der Waals surface area contributed by atoms with Gasteiger partial charge in [0, 0.05) is 17.8 Å². The number of amides is 2. The largest absolute Gasteiger partial charge is 0.495 e. The Morgan fingerprint density at radius 2 is 1.74 bits per heavy atom. The number of hydrogen-bond donors (Lipinski definition) is 3. The zero-order valence-corrected chi connectivity index (χ0v) is 18.5. The molecule has 0 saturated carbocycles. The summed E-state index contributed by atoms with van der Waals surface area (Å²) >= 11 is 1.30. The summed E-state index contributed by atoms with van der Waals surface area (Å²) in [7, 11) is 1.59. The number of ether oxygens (including phenoxy) is 1. The first-order chi connectivity index (χ1) is 15.0. The molecule has 7 nitrogen and oxygen atoms in total. The van der Waals surface area contributed by atoms with Crippen LogP contribution in [0, 0.1) is 0 Å². The number of anilines is 2. The molecule has 0 aliphatic carbocycles. The van der Waals surface area contributed by atoms with E-state index in [0.717, 1.165) is 11.3 Å². The van der Waals surface area contributed by atoms with Crippen LogP contribution in [0.15, 0.2) is 60.0 Å². The van der Waals surface area contributed by atoms with Gasteiger partial charge in [-0.15, -0.1) is 11.3 Å². The van der Waals surface area contributed by atoms with Gasteiger partial charge in [-0.2, -0.15) is 0 Å². The van der Waals surface area contributed by atoms with Crippen LogP contribution in [0.3, 0.4) is 0 Å². The quantitative estimate of drug-likeness (QED) is 0.473. The van der Waals surface area contributed by atoms with Gasteiger partial charge >= 0.3 is 0 Å². The maximum atomic E-state index is 12.8. The fourth-order valence-corrected chi connectivity index (χ4v) is 3.68. The third-order valence-electron chi connectivity index (χ3n) is 4.42. The standard InChI is InChI=1S/C23H26N4O3S/c1-15(2)24-21(28)18(13-16-9-5-4-6-10-16)25-22(29)19-14-31-23(27-19)26-17-11-7-8-12-20(17)30-3/h4-12,14-15,18H,13H2,1-3H3,(H,24,28)(H,25,29)(H,26,27)/t18-/m1/s1. The molecule has 3 N–H and O–H groups in total. The highest BCUT2D eigenvalue weighted by atomic mass is 32.1. The summed E-state index contributed by atoms with van der Waals surface area (Å²) in [5.41, 5.74) is 1.96. The van der Waals surface area contributed by atoms with Crippen LogP contribution >= 0.6 is 11.3 Å². The van der Waals surface area contributed by atoms with E-state index in [9.17, 15) is 9.59 Å². The third kappa shape index (κ3) is 6.29. The van der Waals surface area contributed by atoms with Crippen molar-refractivity contribution in [2.75, 3.05) is 12.4 Å². The van der Waals surface area contributed by atoms with Gasteiger partial charge in [-0.25, -0.2) is 4.98 Å². The van der Waals surface area contributed by atoms with Crippen molar-refractivity contribution in [2.24, 2.45) is 0 Å². The predicted molar refractivity (Wildman–Crippen MR) is 123 cm³/mol. The molecule has 1 aromatic heterocycles. The Morgan fingerprint density at radius 3 is 2.45 bits per heavy atom. The Balaban J connectivity index is 1.71. The van der Waals surface area contributed by atoms with Gasteiger partial charge in [-0.3, -0.25) is 9.59 Å². The average molecular weight is 439 g/mol. The van der Waals surface area contributed by atoms with Gasteiger partial charge in [0.1, 0.15) is 17.5 Å². The van der Waals surface area contributed by atoms with Gasteiger partial charge in [-0.1, -0.05) is 42.5 Å². The van der Waals surface area contributed by atoms with E-state index in [4.69, 9.17) is 4.74 Å². The Kier molecular flexibility index (Phi) is 7.61. The number of thiazole rings is 1. The second-order valence-electron chi connectivity index (χ2n) is 7.24. The van der Waals surface area contributed by atoms with E-state index in [1.165, 1.54) is 11.3 Å². The van der Waals surface area contributed by atoms with E-state index in [2.05, 4.69) is 20.9 Å². The Morgan fingerprint density at radius 1 is 1.03 bits per heavy atom. The summed E-state index contributed by atoms with van der Waals surface area (Å²) in [5.74, 6) is 0.0518. The minimum Gasteiger partial charge on any atom is -0.495 e. The monoisotopic (exact) mass is 438 g/mol. The van der Waals surface area contributed by atoms with Gasteiger partial charge in [0.25, 0.3) is 5.91 Å². The number of rotatable bonds is 9. The molecule has 8 heteroatoms. The lowest BCUT2D eigenvalue weighted by Gasteiger charge is -2.19. The fraction of sp³-hybridized carbons (Fsp3) is 0.261. The minimum absolute atomic E-state index is 0.0291. The van der Waals surface area contributed by atoms with Crippen molar-refractivity contribution in [3.8, 4) is 5.75 Å². The van der Waals surface area contributed by atoms with Crippen molar-refractivity contribution in [1.82, 2.24) is 15.6 Å². The van der Waals surface area contributed by atoms with Crippen molar-refractivity contribution in [3.05, 3.63) is 71.2 Å². The summed E-state index contributed by atoms with van der Waals surface area (Å²) in [4.78, 5) is 29.9. The number of nitrogens with one attached hydrogen (secondary N) is 3. The Labute approximate surface area is 185 Å². The lowest BCUT2D eigenvalue weighted by Crippen LogP contribution is -2.49. The molecule has 1 atom stereocenters. The maximum absolute atomic E-state index is 12.8. The number of aromatic nitrogens is 1. The molecule has 0 aliphatic rings. The van der Waals surface area contributed by atoms with Crippen LogP contribution in [-0.4, -0.2) is 36.0 Å². The summed E-state index contributed by atoms with van der Waals surface area (Å²) < 4.78 is 5.33. The number of hydrogen-bond acceptors (Lipinski definition) is 6. The first-order valence-corrected chi connectivity index (χ1v) is 10.8. The van der Waals surface area contributed by atoms with E-state index >= 15 is 0 Å². The first-order valence-electron chi connectivity index (χ1n) is 9.97. The molecule has 0 saturated heterocycles. The Hall–Kier alpha value is -3.39. The van der Waals surface area contributed by atoms with E-state index < -0.39 is 11.9 Å². The van der Waals surface area contributed by atoms with Crippen molar-refractivity contribution >= 4 is 34.0 Å². The molecular weight excluding hydrogens is 412 g/mol. The summed E-state index contributed by atoms with van der Waals surface area (Å²) in [6.07, 6.45) is 0.390. The second kappa shape index (κ2) is 10.6. The third-order valence-corrected chi connectivity index (χ3v) is 5.18. The molecule has 0 aliphatic heterocycles. The first kappa shape index (κ1) is 22.3. The lowest BCUT2D eigenvalue weighted by atomic mass is 10.0. The number of methoxy groups -OCH3 is 1. The van der Waals surface area contributed by atoms with Gasteiger partial charge in [0.15, 0.2) is 5.13 Å². The zero-order valence-electron chi connectivity index (χ0n) is 17.7. The smallest absolute Gasteiger partial charge is 0.271 e. The van der Waals surface area contributed by atoms with Crippen LogP contribution in [0.4, 0.5) is 10.8 Å². The molecule has 0 fully saturated rings. The Bertz CT molecular complexity index is 1020. The van der Waals surface area contributed by atoms with Crippen LogP contribution in [0.2, 0.25) is 0 Å². The van der Waals surface area contributed by atoms with Gasteiger partial charge < -0.3 is 20.7 Å². The van der Waals surface area contributed by atoms with Gasteiger partial charge in [-0.05, 0) is 31.5 Å². The number of nitrogens with zero attached hydrogens (tertiary/aromatic N) is 1. The number of benzene rings is 2. The highest BCUT2D eigenvalue weighted by Crippen LogP contribution is 2.28. The molecule has 0 bridgehead atoms. The molecule has 2 aromatic carbocycles. The lowest BCUT2D eigenvalue weighted by molar-refractivity contribution is -0.123. The predicted octanol–water partition coefficient (Wildman–Crippen LogP) is 3.76. The molecule has 0 radical (unpaired) electrons. The van der Waals surface area contributed by atoms with Crippen LogP contribution in [0.25, 0.3) is 0 Å². The van der Waals surface area contributed by atoms with Crippen LogP contribution in [0.5, 0.6) is 5.75 Å². The maximum Gasteiger partial charge on any atom is 0.271 e. The topological polar surface area (TPSA) is 92.3 Å². The molecule has 1 heterocycles. The van der Waals surface area contributed by atoms with E-state index in [-0.39, 0.29) is 17.6 Å². The fourth-order valence-electron chi connectivity index (χ4n) is 2.97. The molecule has 31 heavy (non-hydrogen) atoms. The van der Waals surface area contributed by atoms with Gasteiger partial charge in [0.05, 0.1) is 12.8 Å². The summed E-state index contributed by atoms with van der Waals surface area (Å²) in [6, 6.07) is 16.3.